The molecule has 164 valence electrons. The fourth-order valence-electron chi connectivity index (χ4n) is 4.48. The van der Waals surface area contributed by atoms with E-state index in [4.69, 9.17) is 9.47 Å². The van der Waals surface area contributed by atoms with Crippen molar-refractivity contribution in [2.45, 2.75) is 25.6 Å². The summed E-state index contributed by atoms with van der Waals surface area (Å²) in [7, 11) is 0. The van der Waals surface area contributed by atoms with Gasteiger partial charge in [-0.05, 0) is 24.1 Å². The van der Waals surface area contributed by atoms with Crippen LogP contribution in [0.2, 0.25) is 0 Å². The molecule has 0 saturated heterocycles. The summed E-state index contributed by atoms with van der Waals surface area (Å²) in [5, 5.41) is 4.55. The van der Waals surface area contributed by atoms with Gasteiger partial charge in [-0.2, -0.15) is 0 Å². The van der Waals surface area contributed by atoms with E-state index < -0.39 is 0 Å². The summed E-state index contributed by atoms with van der Waals surface area (Å²) in [4.78, 5) is 16.1. The van der Waals surface area contributed by atoms with Crippen LogP contribution in [0.1, 0.15) is 16.8 Å². The van der Waals surface area contributed by atoms with E-state index in [9.17, 15) is 0 Å². The van der Waals surface area contributed by atoms with Crippen molar-refractivity contribution in [1.29, 1.82) is 0 Å². The normalized spacial score (nSPS) is 16.1. The number of pyridine rings is 1. The number of nitrogens with one attached hydrogen (secondary N) is 1. The molecule has 7 heteroatoms. The van der Waals surface area contributed by atoms with Gasteiger partial charge in [0.25, 0.3) is 0 Å². The number of rotatable bonds is 6. The highest BCUT2D eigenvalue weighted by atomic mass is 16.7. The van der Waals surface area contributed by atoms with Crippen molar-refractivity contribution in [2.75, 3.05) is 12.1 Å². The lowest BCUT2D eigenvalue weighted by molar-refractivity contribution is 0.0584. The Morgan fingerprint density at radius 3 is 2.73 bits per heavy atom. The molecule has 1 unspecified atom stereocenters. The van der Waals surface area contributed by atoms with Gasteiger partial charge in [0.2, 0.25) is 6.79 Å². The van der Waals surface area contributed by atoms with Crippen LogP contribution in [0.5, 0.6) is 0 Å². The van der Waals surface area contributed by atoms with Crippen molar-refractivity contribution in [3.63, 3.8) is 0 Å². The third kappa shape index (κ3) is 3.99. The maximum absolute atomic E-state index is 5.80. The number of anilines is 2. The number of nitrogens with zero attached hydrogens (tertiary/aromatic N) is 4. The molecule has 0 fully saturated rings. The van der Waals surface area contributed by atoms with E-state index in [-0.39, 0.29) is 12.8 Å². The van der Waals surface area contributed by atoms with Crippen LogP contribution in [0.3, 0.4) is 0 Å². The van der Waals surface area contributed by atoms with E-state index in [0.717, 1.165) is 58.9 Å². The Morgan fingerprint density at radius 1 is 0.970 bits per heavy atom. The molecule has 0 radical (unpaired) electrons. The Bertz CT molecular complexity index is 1320. The first-order valence-corrected chi connectivity index (χ1v) is 11.0. The fraction of sp³-hybridized carbons (Fsp3) is 0.192. The molecule has 0 aliphatic carbocycles. The summed E-state index contributed by atoms with van der Waals surface area (Å²) in [5.41, 5.74) is 5.26. The predicted molar refractivity (Wildman–Crippen MR) is 125 cm³/mol. The summed E-state index contributed by atoms with van der Waals surface area (Å²) < 4.78 is 11.2. The maximum atomic E-state index is 5.80. The number of ether oxygens (including phenoxy) is 2. The first kappa shape index (κ1) is 19.7. The molecular formula is C26H23N5O2. The lowest BCUT2D eigenvalue weighted by Crippen LogP contribution is -2.34. The highest BCUT2D eigenvalue weighted by molar-refractivity contribution is 5.82. The molecule has 7 nitrogen and oxygen atoms in total. The van der Waals surface area contributed by atoms with Crippen LogP contribution in [0.4, 0.5) is 11.5 Å². The van der Waals surface area contributed by atoms with Crippen LogP contribution in [0, 0.1) is 0 Å². The summed E-state index contributed by atoms with van der Waals surface area (Å²) in [6, 6.07) is 20.7. The molecule has 2 aromatic carbocycles. The molecule has 4 heterocycles. The van der Waals surface area contributed by atoms with Gasteiger partial charge in [0.1, 0.15) is 18.4 Å². The van der Waals surface area contributed by atoms with Gasteiger partial charge in [0, 0.05) is 24.0 Å². The molecule has 6 rings (SSSR count). The molecule has 33 heavy (non-hydrogen) atoms. The van der Waals surface area contributed by atoms with E-state index in [1.54, 1.807) is 12.6 Å². The Balaban J connectivity index is 1.27. The highest BCUT2D eigenvalue weighted by Gasteiger charge is 2.33. The minimum atomic E-state index is 0.0549. The quantitative estimate of drug-likeness (QED) is 0.475. The predicted octanol–water partition coefficient (Wildman–Crippen LogP) is 4.54. The van der Waals surface area contributed by atoms with E-state index in [1.807, 2.05) is 30.5 Å². The third-order valence-corrected chi connectivity index (χ3v) is 6.14. The van der Waals surface area contributed by atoms with Crippen LogP contribution < -0.4 is 5.32 Å². The molecule has 0 spiro atoms. The Kier molecular flexibility index (Phi) is 5.08. The Hall–Kier alpha value is -3.97. The summed E-state index contributed by atoms with van der Waals surface area (Å²) in [6.45, 7) is 1.71. The van der Waals surface area contributed by atoms with Gasteiger partial charge in [0.15, 0.2) is 5.76 Å². The highest BCUT2D eigenvalue weighted by Crippen LogP contribution is 2.33. The first-order valence-electron chi connectivity index (χ1n) is 11.0. The van der Waals surface area contributed by atoms with Gasteiger partial charge in [-0.1, -0.05) is 48.5 Å². The molecule has 0 saturated carbocycles. The van der Waals surface area contributed by atoms with E-state index in [1.165, 1.54) is 5.56 Å². The number of para-hydroxylation sites is 1. The van der Waals surface area contributed by atoms with Gasteiger partial charge in [0.05, 0.1) is 29.1 Å². The van der Waals surface area contributed by atoms with Gasteiger partial charge >= 0.3 is 0 Å². The van der Waals surface area contributed by atoms with Crippen molar-refractivity contribution in [3.05, 3.63) is 102 Å². The zero-order valence-corrected chi connectivity index (χ0v) is 18.0. The lowest BCUT2D eigenvalue weighted by Gasteiger charge is -2.27. The van der Waals surface area contributed by atoms with Crippen molar-refractivity contribution in [3.8, 4) is 0 Å². The largest absolute Gasteiger partial charge is 0.462 e. The van der Waals surface area contributed by atoms with Crippen LogP contribution >= 0.6 is 0 Å². The van der Waals surface area contributed by atoms with Crippen LogP contribution in [0.25, 0.3) is 10.9 Å². The second kappa shape index (κ2) is 8.52. The molecule has 1 atom stereocenters. The van der Waals surface area contributed by atoms with Crippen molar-refractivity contribution in [1.82, 2.24) is 19.9 Å². The topological polar surface area (TPSA) is 72.4 Å². The van der Waals surface area contributed by atoms with Crippen molar-refractivity contribution in [2.24, 2.45) is 0 Å². The molecular weight excluding hydrogens is 414 g/mol. The first-order chi connectivity index (χ1) is 16.3. The lowest BCUT2D eigenvalue weighted by atomic mass is 10.0. The molecule has 2 aliphatic rings. The molecule has 1 N–H and O–H groups in total. The second-order valence-electron chi connectivity index (χ2n) is 8.25. The van der Waals surface area contributed by atoms with E-state index >= 15 is 0 Å². The molecule has 0 amide bonds. The summed E-state index contributed by atoms with van der Waals surface area (Å²) in [6.07, 6.45) is 6.03. The van der Waals surface area contributed by atoms with Crippen molar-refractivity contribution < 1.29 is 9.47 Å². The van der Waals surface area contributed by atoms with Crippen LogP contribution in [0.15, 0.2) is 85.2 Å². The SMILES string of the molecule is C1=C(C(Cc2ccccc2)N2Cc3ncnc(Nc4cnc5ccccc5c4)c3C2)OCO1. The minimum absolute atomic E-state index is 0.0549. The average molecular weight is 438 g/mol. The minimum Gasteiger partial charge on any atom is -0.462 e. The van der Waals surface area contributed by atoms with E-state index in [0.29, 0.717) is 0 Å². The molecule has 4 aromatic rings. The maximum Gasteiger partial charge on any atom is 0.229 e. The fourth-order valence-corrected chi connectivity index (χ4v) is 4.48. The molecule has 2 aromatic heterocycles. The number of hydrogen-bond donors (Lipinski definition) is 1. The number of benzene rings is 2. The summed E-state index contributed by atoms with van der Waals surface area (Å²) in [5.74, 6) is 1.67. The molecule has 0 bridgehead atoms. The number of fused-ring (bicyclic) bond motifs is 2. The van der Waals surface area contributed by atoms with Gasteiger partial charge in [-0.3, -0.25) is 9.88 Å². The smallest absolute Gasteiger partial charge is 0.229 e. The van der Waals surface area contributed by atoms with Gasteiger partial charge in [-0.25, -0.2) is 9.97 Å². The monoisotopic (exact) mass is 437 g/mol. The Labute approximate surface area is 191 Å². The molecule has 2 aliphatic heterocycles. The Morgan fingerprint density at radius 2 is 1.85 bits per heavy atom. The number of aromatic nitrogens is 3. The summed E-state index contributed by atoms with van der Waals surface area (Å²) >= 11 is 0. The van der Waals surface area contributed by atoms with Gasteiger partial charge < -0.3 is 14.8 Å². The second-order valence-corrected chi connectivity index (χ2v) is 8.25. The zero-order valence-electron chi connectivity index (χ0n) is 18.0. The van der Waals surface area contributed by atoms with Crippen molar-refractivity contribution >= 4 is 22.4 Å². The van der Waals surface area contributed by atoms with E-state index in [2.05, 4.69) is 61.6 Å². The third-order valence-electron chi connectivity index (χ3n) is 6.14. The van der Waals surface area contributed by atoms with Gasteiger partial charge in [-0.15, -0.1) is 0 Å². The van der Waals surface area contributed by atoms with Crippen LogP contribution in [-0.4, -0.2) is 32.7 Å². The standard InChI is InChI=1S/C26H23N5O2/c1-2-6-18(7-3-1)10-24(25-15-32-17-33-25)31-13-21-23(14-31)28-16-29-26(21)30-20-11-19-8-4-5-9-22(19)27-12-20/h1-9,11-12,15-16,24H,10,13-14,17H2,(H,28,29,30). The zero-order chi connectivity index (χ0) is 22.0. The number of hydrogen-bond acceptors (Lipinski definition) is 7. The average Bonchev–Trinajstić information content (AvgIpc) is 3.54. The van der Waals surface area contributed by atoms with Crippen LogP contribution in [-0.2, 0) is 29.0 Å².